The van der Waals surface area contributed by atoms with Gasteiger partial charge in [-0.2, -0.15) is 0 Å². The lowest BCUT2D eigenvalue weighted by molar-refractivity contribution is -0.123. The predicted octanol–water partition coefficient (Wildman–Crippen LogP) is 2.77. The van der Waals surface area contributed by atoms with Crippen molar-refractivity contribution in [2.75, 3.05) is 13.1 Å². The first-order chi connectivity index (χ1) is 10.8. The van der Waals surface area contributed by atoms with Crippen LogP contribution in [-0.4, -0.2) is 24.9 Å². The van der Waals surface area contributed by atoms with Gasteiger partial charge in [0.15, 0.2) is 0 Å². The van der Waals surface area contributed by atoms with Crippen molar-refractivity contribution >= 4 is 11.8 Å². The predicted molar refractivity (Wildman–Crippen MR) is 92.0 cm³/mol. The highest BCUT2D eigenvalue weighted by Crippen LogP contribution is 2.59. The number of benzene rings is 1. The molecule has 2 amide bonds. The van der Waals surface area contributed by atoms with Crippen LogP contribution < -0.4 is 10.6 Å². The molecule has 1 saturated carbocycles. The average molecular weight is 314 g/mol. The maximum atomic E-state index is 12.3. The van der Waals surface area contributed by atoms with Gasteiger partial charge in [0.25, 0.3) is 5.91 Å². The van der Waals surface area contributed by atoms with E-state index in [0.29, 0.717) is 24.6 Å². The van der Waals surface area contributed by atoms with Crippen molar-refractivity contribution < 1.29 is 9.59 Å². The first kappa shape index (κ1) is 17.3. The molecule has 1 aliphatic rings. The third-order valence-corrected chi connectivity index (χ3v) is 4.45. The number of carbonyl (C=O) groups excluding carboxylic acids is 2. The van der Waals surface area contributed by atoms with E-state index in [2.05, 4.69) is 44.4 Å². The molecule has 2 rings (SSSR count). The van der Waals surface area contributed by atoms with Crippen molar-refractivity contribution in [2.24, 2.45) is 17.3 Å². The number of nitrogens with one attached hydrogen (secondary N) is 2. The van der Waals surface area contributed by atoms with Crippen molar-refractivity contribution in [3.05, 3.63) is 47.5 Å². The maximum Gasteiger partial charge on any atom is 0.251 e. The Morgan fingerprint density at radius 3 is 2.30 bits per heavy atom. The zero-order valence-corrected chi connectivity index (χ0v) is 14.3. The largest absolute Gasteiger partial charge is 0.354 e. The van der Waals surface area contributed by atoms with Crippen molar-refractivity contribution in [3.63, 3.8) is 0 Å². The zero-order chi connectivity index (χ0) is 17.0. The standard InChI is InChI=1S/C19H26N2O2/c1-13(2)12-15-16(19(15,3)4)18(23)21-11-10-20-17(22)14-8-6-5-7-9-14/h5-9,12,15-16H,10-11H2,1-4H3,(H,20,22)(H,21,23)/t15-,16+/m1/s1. The Morgan fingerprint density at radius 2 is 1.70 bits per heavy atom. The minimum absolute atomic E-state index is 0.0225. The molecule has 0 heterocycles. The van der Waals surface area contributed by atoms with Crippen LogP contribution in [-0.2, 0) is 4.79 Å². The van der Waals surface area contributed by atoms with Gasteiger partial charge < -0.3 is 10.6 Å². The van der Waals surface area contributed by atoms with E-state index in [9.17, 15) is 9.59 Å². The molecule has 2 atom stereocenters. The van der Waals surface area contributed by atoms with Gasteiger partial charge in [0.05, 0.1) is 5.92 Å². The summed E-state index contributed by atoms with van der Waals surface area (Å²) in [7, 11) is 0. The molecule has 1 aromatic rings. The number of hydrogen-bond acceptors (Lipinski definition) is 2. The molecule has 4 heteroatoms. The van der Waals surface area contributed by atoms with Crippen molar-refractivity contribution in [2.45, 2.75) is 27.7 Å². The lowest BCUT2D eigenvalue weighted by Crippen LogP contribution is -2.36. The van der Waals surface area contributed by atoms with Crippen LogP contribution in [0, 0.1) is 17.3 Å². The van der Waals surface area contributed by atoms with Gasteiger partial charge in [-0.3, -0.25) is 9.59 Å². The Hall–Kier alpha value is -2.10. The van der Waals surface area contributed by atoms with Crippen LogP contribution in [0.3, 0.4) is 0 Å². The van der Waals surface area contributed by atoms with Gasteiger partial charge in [0, 0.05) is 18.7 Å². The van der Waals surface area contributed by atoms with Crippen molar-refractivity contribution in [3.8, 4) is 0 Å². The van der Waals surface area contributed by atoms with E-state index in [-0.39, 0.29) is 23.1 Å². The minimum Gasteiger partial charge on any atom is -0.354 e. The van der Waals surface area contributed by atoms with Crippen LogP contribution in [0.15, 0.2) is 42.0 Å². The summed E-state index contributed by atoms with van der Waals surface area (Å²) in [6, 6.07) is 9.07. The maximum absolute atomic E-state index is 12.3. The molecule has 0 unspecified atom stereocenters. The molecule has 1 fully saturated rings. The molecule has 0 spiro atoms. The second kappa shape index (κ2) is 6.99. The Labute approximate surface area is 138 Å². The fourth-order valence-electron chi connectivity index (χ4n) is 3.01. The molecule has 0 bridgehead atoms. The topological polar surface area (TPSA) is 58.2 Å². The second-order valence-electron chi connectivity index (χ2n) is 6.98. The quantitative estimate of drug-likeness (QED) is 0.626. The summed E-state index contributed by atoms with van der Waals surface area (Å²) in [5.74, 6) is 0.300. The highest BCUT2D eigenvalue weighted by Gasteiger charge is 2.60. The minimum atomic E-state index is -0.117. The van der Waals surface area contributed by atoms with Crippen molar-refractivity contribution in [1.29, 1.82) is 0 Å². The molecule has 0 aliphatic heterocycles. The van der Waals surface area contributed by atoms with Gasteiger partial charge in [0.2, 0.25) is 5.91 Å². The monoisotopic (exact) mass is 314 g/mol. The lowest BCUT2D eigenvalue weighted by atomic mass is 10.1. The Morgan fingerprint density at radius 1 is 1.09 bits per heavy atom. The molecule has 1 aromatic carbocycles. The number of carbonyl (C=O) groups is 2. The SMILES string of the molecule is CC(C)=C[C@@H]1[C@@H](C(=O)NCCNC(=O)c2ccccc2)C1(C)C. The van der Waals surface area contributed by atoms with E-state index in [4.69, 9.17) is 0 Å². The molecule has 4 nitrogen and oxygen atoms in total. The van der Waals surface area contributed by atoms with Crippen LogP contribution in [0.1, 0.15) is 38.1 Å². The molecule has 1 aliphatic carbocycles. The Bertz CT molecular complexity index is 601. The zero-order valence-electron chi connectivity index (χ0n) is 14.3. The Balaban J connectivity index is 1.74. The van der Waals surface area contributed by atoms with Gasteiger partial charge in [-0.25, -0.2) is 0 Å². The lowest BCUT2D eigenvalue weighted by Gasteiger charge is -2.08. The molecule has 0 saturated heterocycles. The average Bonchev–Trinajstić information content (AvgIpc) is 3.04. The number of allylic oxidation sites excluding steroid dienone is 2. The number of amides is 2. The van der Waals surface area contributed by atoms with Gasteiger partial charge in [0.1, 0.15) is 0 Å². The van der Waals surface area contributed by atoms with Gasteiger partial charge >= 0.3 is 0 Å². The summed E-state index contributed by atoms with van der Waals surface area (Å²) in [6.07, 6.45) is 2.18. The second-order valence-corrected chi connectivity index (χ2v) is 6.98. The van der Waals surface area contributed by atoms with Crippen LogP contribution in [0.2, 0.25) is 0 Å². The molecule has 0 aromatic heterocycles. The van der Waals surface area contributed by atoms with Crippen LogP contribution >= 0.6 is 0 Å². The van der Waals surface area contributed by atoms with E-state index in [1.807, 2.05) is 18.2 Å². The molecule has 124 valence electrons. The summed E-state index contributed by atoms with van der Waals surface area (Å²) in [5, 5.41) is 5.74. The third-order valence-electron chi connectivity index (χ3n) is 4.45. The van der Waals surface area contributed by atoms with Crippen LogP contribution in [0.5, 0.6) is 0 Å². The van der Waals surface area contributed by atoms with Crippen LogP contribution in [0.25, 0.3) is 0 Å². The highest BCUT2D eigenvalue weighted by atomic mass is 16.2. The third kappa shape index (κ3) is 4.21. The molecule has 0 radical (unpaired) electrons. The van der Waals surface area contributed by atoms with Gasteiger partial charge in [-0.05, 0) is 37.3 Å². The van der Waals surface area contributed by atoms with E-state index in [0.717, 1.165) is 0 Å². The normalized spacial score (nSPS) is 21.2. The molecular formula is C19H26N2O2. The van der Waals surface area contributed by atoms with Gasteiger partial charge in [-0.1, -0.05) is 43.7 Å². The van der Waals surface area contributed by atoms with Crippen molar-refractivity contribution in [1.82, 2.24) is 10.6 Å². The summed E-state index contributed by atoms with van der Waals surface area (Å²) in [5.41, 5.74) is 1.90. The summed E-state index contributed by atoms with van der Waals surface area (Å²) >= 11 is 0. The van der Waals surface area contributed by atoms with E-state index in [1.54, 1.807) is 12.1 Å². The number of hydrogen-bond donors (Lipinski definition) is 2. The van der Waals surface area contributed by atoms with Crippen LogP contribution in [0.4, 0.5) is 0 Å². The van der Waals surface area contributed by atoms with E-state index < -0.39 is 0 Å². The highest BCUT2D eigenvalue weighted by molar-refractivity contribution is 5.94. The fourth-order valence-corrected chi connectivity index (χ4v) is 3.01. The number of rotatable bonds is 6. The summed E-state index contributed by atoms with van der Waals surface area (Å²) in [4.78, 5) is 24.2. The van der Waals surface area contributed by atoms with Gasteiger partial charge in [-0.15, -0.1) is 0 Å². The van der Waals surface area contributed by atoms with E-state index in [1.165, 1.54) is 5.57 Å². The molecular weight excluding hydrogens is 288 g/mol. The fraction of sp³-hybridized carbons (Fsp3) is 0.474. The molecule has 2 N–H and O–H groups in total. The summed E-state index contributed by atoms with van der Waals surface area (Å²) < 4.78 is 0. The molecule has 23 heavy (non-hydrogen) atoms. The first-order valence-corrected chi connectivity index (χ1v) is 8.10. The van der Waals surface area contributed by atoms with E-state index >= 15 is 0 Å². The smallest absolute Gasteiger partial charge is 0.251 e. The first-order valence-electron chi connectivity index (χ1n) is 8.10. The Kier molecular flexibility index (Phi) is 5.24. The summed E-state index contributed by atoms with van der Waals surface area (Å²) in [6.45, 7) is 9.24.